The molecule has 83 heavy (non-hydrogen) atoms. The largest absolute Gasteiger partial charge is 0.347 e. The number of carbonyl (C=O) groups is 7. The van der Waals surface area contributed by atoms with Crippen LogP contribution in [0, 0.1) is 17.3 Å². The first-order valence-corrected chi connectivity index (χ1v) is 30.3. The van der Waals surface area contributed by atoms with Gasteiger partial charge < -0.3 is 36.4 Å². The predicted molar refractivity (Wildman–Crippen MR) is 323 cm³/mol. The van der Waals surface area contributed by atoms with Crippen molar-refractivity contribution in [1.29, 1.82) is 0 Å². The topological polar surface area (TPSA) is 186 Å². The fourth-order valence-corrected chi connectivity index (χ4v) is 12.6. The lowest BCUT2D eigenvalue weighted by molar-refractivity contribution is -0.146. The van der Waals surface area contributed by atoms with Gasteiger partial charge in [0.15, 0.2) is 0 Å². The zero-order chi connectivity index (χ0) is 59.0. The van der Waals surface area contributed by atoms with E-state index in [9.17, 15) is 33.6 Å². The number of aryl methyl sites for hydroxylation is 4. The van der Waals surface area contributed by atoms with Crippen LogP contribution in [0.15, 0.2) is 121 Å². The number of rotatable bonds is 20. The molecule has 0 spiro atoms. The van der Waals surface area contributed by atoms with E-state index in [0.29, 0.717) is 31.2 Å². The normalized spacial score (nSPS) is 20.7. The maximum atomic E-state index is 15.0. The van der Waals surface area contributed by atoms with Crippen molar-refractivity contribution >= 4 is 41.2 Å². The summed E-state index contributed by atoms with van der Waals surface area (Å²) < 4.78 is 0. The SMILES string of the molecule is CC[C@@H](C)C(=O)N[C@@H](Cc1ccc(CCc2ccc(C(=O)NC3C[C@@H](C(=O)NC4CCCc5ccccc54)N(C(=O)[C@@H](CC(=O)[C@H](C)NC)C(C)(C)C)C3)cc2)cc1)C(=O)N1Cc2ccccc2C[C@H]1C(=O)NC1CCCc2ccccc21. The lowest BCUT2D eigenvalue weighted by Gasteiger charge is -2.39. The standard InChI is InChI=1S/C69H85N7O7/c1-8-43(2)63(78)74-59(68(83)75-41-52-20-10-9-19-51(52)38-60(75)65(80)72-57-25-15-21-48-17-11-13-23-54(48)57)37-47-31-29-45(30-32-47)27-28-46-33-35-50(36-34-46)64(79)71-53-39-61(66(81)73-58-26-16-22-49-18-12-14-24-55(49)58)76(42-53)67(82)56(69(4,5)6)40-62(77)44(3)70-7/h9-14,17-20,23-24,29-36,43-44,53,56-61,70H,8,15-16,21-22,25-28,37-42H2,1-7H3,(H,71,79)(H,72,80)(H,73,81)(H,74,78)/t43-,44+,53?,56-,57?,58?,59+,60+,61+/m1/s1. The van der Waals surface area contributed by atoms with Gasteiger partial charge in [0, 0.05) is 55.8 Å². The fourth-order valence-electron chi connectivity index (χ4n) is 12.6. The van der Waals surface area contributed by atoms with E-state index in [1.807, 2.05) is 120 Å². The van der Waals surface area contributed by atoms with Gasteiger partial charge in [-0.25, -0.2) is 0 Å². The van der Waals surface area contributed by atoms with Gasteiger partial charge in [-0.2, -0.15) is 0 Å². The summed E-state index contributed by atoms with van der Waals surface area (Å²) >= 11 is 0. The number of hydrogen-bond acceptors (Lipinski definition) is 8. The maximum absolute atomic E-state index is 15.0. The summed E-state index contributed by atoms with van der Waals surface area (Å²) in [6.45, 7) is 11.8. The number of Topliss-reactive ketones (excluding diaryl/α,β-unsaturated/α-hetero) is 1. The van der Waals surface area contributed by atoms with Crippen LogP contribution in [0.4, 0.5) is 0 Å². The number of carbonyl (C=O) groups excluding carboxylic acids is 7. The third-order valence-electron chi connectivity index (χ3n) is 18.1. The zero-order valence-corrected chi connectivity index (χ0v) is 49.6. The summed E-state index contributed by atoms with van der Waals surface area (Å²) in [5.74, 6) is -2.58. The van der Waals surface area contributed by atoms with Crippen molar-refractivity contribution in [2.24, 2.45) is 17.3 Å². The lowest BCUT2D eigenvalue weighted by Crippen LogP contribution is -2.58. The molecule has 14 heteroatoms. The van der Waals surface area contributed by atoms with E-state index in [0.717, 1.165) is 77.5 Å². The summed E-state index contributed by atoms with van der Waals surface area (Å²) in [6.07, 6.45) is 8.34. The van der Waals surface area contributed by atoms with Gasteiger partial charge in [0.25, 0.3) is 5.91 Å². The molecule has 0 radical (unpaired) electrons. The van der Waals surface area contributed by atoms with Crippen LogP contribution < -0.4 is 26.6 Å². The lowest BCUT2D eigenvalue weighted by atomic mass is 9.76. The van der Waals surface area contributed by atoms with E-state index in [-0.39, 0.29) is 91.6 Å². The van der Waals surface area contributed by atoms with Crippen LogP contribution in [0.3, 0.4) is 0 Å². The number of benzene rings is 5. The highest BCUT2D eigenvalue weighted by Crippen LogP contribution is 2.36. The van der Waals surface area contributed by atoms with Gasteiger partial charge in [0.2, 0.25) is 29.5 Å². The zero-order valence-electron chi connectivity index (χ0n) is 49.6. The second-order valence-corrected chi connectivity index (χ2v) is 24.9. The molecule has 0 aromatic heterocycles. The quantitative estimate of drug-likeness (QED) is 0.0512. The van der Waals surface area contributed by atoms with Crippen molar-refractivity contribution in [1.82, 2.24) is 36.4 Å². The maximum Gasteiger partial charge on any atom is 0.251 e. The molecule has 9 atom stereocenters. The van der Waals surface area contributed by atoms with Crippen molar-refractivity contribution < 1.29 is 33.6 Å². The Hall–Kier alpha value is -7.45. The molecule has 9 rings (SSSR count). The Balaban J connectivity index is 0.844. The molecule has 14 nitrogen and oxygen atoms in total. The van der Waals surface area contributed by atoms with Crippen LogP contribution in [0.5, 0.6) is 0 Å². The molecule has 438 valence electrons. The molecule has 2 aliphatic carbocycles. The molecule has 4 aliphatic rings. The van der Waals surface area contributed by atoms with E-state index >= 15 is 0 Å². The predicted octanol–water partition coefficient (Wildman–Crippen LogP) is 8.82. The van der Waals surface area contributed by atoms with Gasteiger partial charge in [-0.15, -0.1) is 0 Å². The molecule has 3 unspecified atom stereocenters. The summed E-state index contributed by atoms with van der Waals surface area (Å²) in [6, 6.07) is 36.2. The molecule has 2 aliphatic heterocycles. The number of likely N-dealkylation sites (N-methyl/N-ethyl adjacent to an activating group) is 1. The van der Waals surface area contributed by atoms with Crippen LogP contribution in [0.1, 0.15) is 159 Å². The minimum Gasteiger partial charge on any atom is -0.347 e. The molecule has 0 bridgehead atoms. The van der Waals surface area contributed by atoms with Crippen molar-refractivity contribution in [3.63, 3.8) is 0 Å². The second-order valence-electron chi connectivity index (χ2n) is 24.9. The first kappa shape index (κ1) is 60.2. The van der Waals surface area contributed by atoms with Crippen molar-refractivity contribution in [2.45, 2.75) is 174 Å². The fraction of sp³-hybridized carbons (Fsp3) is 0.464. The van der Waals surface area contributed by atoms with Crippen LogP contribution in [-0.4, -0.2) is 94.8 Å². The molecular weight excluding hydrogens is 1040 g/mol. The van der Waals surface area contributed by atoms with Gasteiger partial charge in [-0.3, -0.25) is 33.6 Å². The molecule has 5 aromatic rings. The number of nitrogens with one attached hydrogen (secondary N) is 5. The van der Waals surface area contributed by atoms with E-state index in [4.69, 9.17) is 0 Å². The van der Waals surface area contributed by atoms with Crippen molar-refractivity contribution in [3.8, 4) is 0 Å². The third kappa shape index (κ3) is 14.5. The van der Waals surface area contributed by atoms with Gasteiger partial charge >= 0.3 is 0 Å². The first-order chi connectivity index (χ1) is 39.9. The van der Waals surface area contributed by atoms with E-state index in [1.165, 1.54) is 11.1 Å². The Labute approximate surface area is 490 Å². The number of nitrogens with zero attached hydrogens (tertiary/aromatic N) is 2. The summed E-state index contributed by atoms with van der Waals surface area (Å²) in [5, 5.41) is 15.9. The molecule has 2 heterocycles. The second kappa shape index (κ2) is 26.9. The Morgan fingerprint density at radius 3 is 1.71 bits per heavy atom. The number of likely N-dealkylation sites (tertiary alicyclic amines) is 1. The van der Waals surface area contributed by atoms with Crippen LogP contribution >= 0.6 is 0 Å². The molecule has 5 N–H and O–H groups in total. The third-order valence-corrected chi connectivity index (χ3v) is 18.1. The van der Waals surface area contributed by atoms with Crippen molar-refractivity contribution in [2.75, 3.05) is 13.6 Å². The Morgan fingerprint density at radius 1 is 0.614 bits per heavy atom. The minimum absolute atomic E-state index is 0.0261. The van der Waals surface area contributed by atoms with E-state index in [2.05, 4.69) is 50.8 Å². The Kier molecular flexibility index (Phi) is 19.5. The average Bonchev–Trinajstić information content (AvgIpc) is 3.99. The highest BCUT2D eigenvalue weighted by atomic mass is 16.2. The monoisotopic (exact) mass is 1120 g/mol. The summed E-state index contributed by atoms with van der Waals surface area (Å²) in [4.78, 5) is 103. The van der Waals surface area contributed by atoms with Gasteiger partial charge in [-0.1, -0.05) is 144 Å². The number of amides is 6. The summed E-state index contributed by atoms with van der Waals surface area (Å²) in [5.41, 5.74) is 9.57. The molecular formula is C69H85N7O7. The average molecular weight is 1120 g/mol. The van der Waals surface area contributed by atoms with E-state index in [1.54, 1.807) is 35.9 Å². The molecule has 1 saturated heterocycles. The smallest absolute Gasteiger partial charge is 0.251 e. The first-order valence-electron chi connectivity index (χ1n) is 30.3. The summed E-state index contributed by atoms with van der Waals surface area (Å²) in [7, 11) is 1.72. The highest BCUT2D eigenvalue weighted by Gasteiger charge is 2.46. The number of hydrogen-bond donors (Lipinski definition) is 5. The molecule has 6 amide bonds. The van der Waals surface area contributed by atoms with E-state index < -0.39 is 41.5 Å². The Morgan fingerprint density at radius 2 is 1.14 bits per heavy atom. The van der Waals surface area contributed by atoms with Crippen LogP contribution in [0.2, 0.25) is 0 Å². The Bertz CT molecular complexity index is 3150. The highest BCUT2D eigenvalue weighted by molar-refractivity contribution is 5.96. The van der Waals surface area contributed by atoms with Gasteiger partial charge in [-0.05, 0) is 146 Å². The van der Waals surface area contributed by atoms with Crippen LogP contribution in [-0.2, 0) is 73.8 Å². The molecule has 0 saturated carbocycles. The number of fused-ring (bicyclic) bond motifs is 3. The minimum atomic E-state index is -0.898. The van der Waals surface area contributed by atoms with Crippen LogP contribution in [0.25, 0.3) is 0 Å². The van der Waals surface area contributed by atoms with Gasteiger partial charge in [0.1, 0.15) is 23.9 Å². The van der Waals surface area contributed by atoms with Gasteiger partial charge in [0.05, 0.1) is 18.1 Å². The van der Waals surface area contributed by atoms with Crippen molar-refractivity contribution in [3.05, 3.63) is 177 Å². The molecule has 5 aromatic carbocycles. The molecule has 1 fully saturated rings. The number of ketones is 1.